The number of carbonyl (C=O) groups excluding carboxylic acids is 2. The van der Waals surface area contributed by atoms with Crippen LogP contribution in [0.3, 0.4) is 0 Å². The lowest BCUT2D eigenvalue weighted by atomic mass is 9.81. The maximum atomic E-state index is 14.2. The molecular formula is C31H37N5O3. The number of ether oxygens (including phenoxy) is 1. The van der Waals surface area contributed by atoms with Crippen LogP contribution in [-0.2, 0) is 9.53 Å². The number of methoxy groups -OCH3 is 1. The van der Waals surface area contributed by atoms with Crippen LogP contribution in [0.1, 0.15) is 59.8 Å². The number of nitrogens with zero attached hydrogens (tertiary/aromatic N) is 3. The summed E-state index contributed by atoms with van der Waals surface area (Å²) in [6, 6.07) is 15.9. The second kappa shape index (κ2) is 10.8. The molecule has 204 valence electrons. The van der Waals surface area contributed by atoms with Crippen LogP contribution in [0.5, 0.6) is 0 Å². The van der Waals surface area contributed by atoms with Crippen molar-refractivity contribution >= 4 is 17.5 Å². The molecule has 8 heteroatoms. The predicted molar refractivity (Wildman–Crippen MR) is 150 cm³/mol. The summed E-state index contributed by atoms with van der Waals surface area (Å²) in [7, 11) is 1.73. The third-order valence-electron chi connectivity index (χ3n) is 8.75. The van der Waals surface area contributed by atoms with Crippen molar-refractivity contribution in [3.63, 3.8) is 0 Å². The Balaban J connectivity index is 1.19. The molecule has 2 fully saturated rings. The fourth-order valence-electron chi connectivity index (χ4n) is 6.83. The van der Waals surface area contributed by atoms with E-state index < -0.39 is 0 Å². The summed E-state index contributed by atoms with van der Waals surface area (Å²) in [5.74, 6) is 0.140. The molecule has 3 heterocycles. The van der Waals surface area contributed by atoms with Gasteiger partial charge < -0.3 is 24.8 Å². The molecule has 1 aliphatic carbocycles. The van der Waals surface area contributed by atoms with Gasteiger partial charge in [-0.05, 0) is 62.1 Å². The third kappa shape index (κ3) is 4.93. The van der Waals surface area contributed by atoms with Gasteiger partial charge in [-0.15, -0.1) is 0 Å². The van der Waals surface area contributed by atoms with Gasteiger partial charge in [0, 0.05) is 48.7 Å². The Labute approximate surface area is 229 Å². The number of nitrogens with one attached hydrogen (secondary N) is 2. The van der Waals surface area contributed by atoms with Gasteiger partial charge in [0.05, 0.1) is 36.6 Å². The number of hydrogen-bond donors (Lipinski definition) is 2. The van der Waals surface area contributed by atoms with Gasteiger partial charge in [-0.2, -0.15) is 0 Å². The van der Waals surface area contributed by atoms with Crippen molar-refractivity contribution in [1.82, 2.24) is 19.8 Å². The fraction of sp³-hybridized carbons (Fsp3) is 0.452. The number of hydrogen-bond acceptors (Lipinski definition) is 5. The number of aromatic nitrogens is 2. The van der Waals surface area contributed by atoms with E-state index in [2.05, 4.69) is 38.7 Å². The summed E-state index contributed by atoms with van der Waals surface area (Å²) >= 11 is 0. The van der Waals surface area contributed by atoms with Crippen molar-refractivity contribution in [2.45, 2.75) is 57.2 Å². The average molecular weight is 528 g/mol. The number of carbonyl (C=O) groups is 2. The molecule has 0 unspecified atom stereocenters. The van der Waals surface area contributed by atoms with Crippen molar-refractivity contribution in [2.75, 3.05) is 25.6 Å². The summed E-state index contributed by atoms with van der Waals surface area (Å²) < 4.78 is 7.47. The molecule has 5 atom stereocenters. The SMILES string of the molecule is COC[C@@H]1Nc2ccccc2[C@H]2[C@@H]1CCN2C(=O)[C@H]1CCCC[C@H]1NC(=O)c1ccc(-n2cnc(C)c2)cc1. The second-order valence-corrected chi connectivity index (χ2v) is 11.2. The highest BCUT2D eigenvalue weighted by Gasteiger charge is 2.48. The lowest BCUT2D eigenvalue weighted by molar-refractivity contribution is -0.139. The minimum Gasteiger partial charge on any atom is -0.383 e. The van der Waals surface area contributed by atoms with E-state index in [1.807, 2.05) is 48.0 Å². The number of imidazole rings is 1. The number of aryl methyl sites for hydroxylation is 1. The van der Waals surface area contributed by atoms with E-state index >= 15 is 0 Å². The summed E-state index contributed by atoms with van der Waals surface area (Å²) in [4.78, 5) is 33.8. The van der Waals surface area contributed by atoms with Crippen molar-refractivity contribution in [3.8, 4) is 5.69 Å². The number of anilines is 1. The largest absolute Gasteiger partial charge is 0.383 e. The predicted octanol–water partition coefficient (Wildman–Crippen LogP) is 4.50. The Morgan fingerprint density at radius 3 is 2.64 bits per heavy atom. The molecule has 0 spiro atoms. The smallest absolute Gasteiger partial charge is 0.251 e. The molecule has 0 bridgehead atoms. The summed E-state index contributed by atoms with van der Waals surface area (Å²) in [6.45, 7) is 3.29. The first-order chi connectivity index (χ1) is 19.0. The zero-order valence-corrected chi connectivity index (χ0v) is 22.7. The average Bonchev–Trinajstić information content (AvgIpc) is 3.60. The van der Waals surface area contributed by atoms with Gasteiger partial charge >= 0.3 is 0 Å². The van der Waals surface area contributed by atoms with E-state index in [1.165, 1.54) is 5.56 Å². The standard InChI is InChI=1S/C31H37N5O3/c1-20-17-35(19-32-20)22-13-11-21(12-14-22)30(37)34-27-10-6-4-8-25(27)31(38)36-16-15-24-28(18-39-2)33-26-9-5-3-7-23(26)29(24)36/h3,5,7,9,11-14,17,19,24-25,27-29,33H,4,6,8,10,15-16,18H2,1-2H3,(H,34,37)/t24-,25+,27-,28+,29+/m1/s1. The van der Waals surface area contributed by atoms with Gasteiger partial charge in [0.25, 0.3) is 5.91 Å². The Bertz CT molecular complexity index is 1340. The summed E-state index contributed by atoms with van der Waals surface area (Å²) in [5.41, 5.74) is 4.77. The monoisotopic (exact) mass is 527 g/mol. The maximum Gasteiger partial charge on any atom is 0.251 e. The Morgan fingerprint density at radius 1 is 1.08 bits per heavy atom. The van der Waals surface area contributed by atoms with Crippen molar-refractivity contribution < 1.29 is 14.3 Å². The molecule has 1 saturated carbocycles. The number of rotatable bonds is 6. The van der Waals surface area contributed by atoms with Crippen LogP contribution < -0.4 is 10.6 Å². The molecule has 0 radical (unpaired) electrons. The number of para-hydroxylation sites is 1. The Hall–Kier alpha value is -3.65. The minimum atomic E-state index is -0.211. The lowest BCUT2D eigenvalue weighted by Crippen LogP contribution is -2.50. The fourth-order valence-corrected chi connectivity index (χ4v) is 6.83. The highest BCUT2D eigenvalue weighted by Crippen LogP contribution is 2.47. The number of amides is 2. The molecular weight excluding hydrogens is 490 g/mol. The number of benzene rings is 2. The Kier molecular flexibility index (Phi) is 7.12. The molecule has 2 N–H and O–H groups in total. The topological polar surface area (TPSA) is 88.5 Å². The van der Waals surface area contributed by atoms with E-state index in [4.69, 9.17) is 4.74 Å². The van der Waals surface area contributed by atoms with Crippen molar-refractivity contribution in [1.29, 1.82) is 0 Å². The molecule has 1 saturated heterocycles. The van der Waals surface area contributed by atoms with E-state index in [-0.39, 0.29) is 35.9 Å². The molecule has 3 aromatic rings. The van der Waals surface area contributed by atoms with Gasteiger partial charge in [-0.25, -0.2) is 4.98 Å². The van der Waals surface area contributed by atoms with Crippen molar-refractivity contribution in [2.24, 2.45) is 11.8 Å². The van der Waals surface area contributed by atoms with Gasteiger partial charge in [0.1, 0.15) is 0 Å². The normalized spacial score (nSPS) is 25.9. The van der Waals surface area contributed by atoms with Crippen molar-refractivity contribution in [3.05, 3.63) is 77.9 Å². The first-order valence-corrected chi connectivity index (χ1v) is 14.1. The molecule has 2 amide bonds. The highest BCUT2D eigenvalue weighted by atomic mass is 16.5. The maximum absolute atomic E-state index is 14.2. The van der Waals surface area contributed by atoms with Crippen LogP contribution in [0.4, 0.5) is 5.69 Å². The molecule has 2 aromatic carbocycles. The Morgan fingerprint density at radius 2 is 1.87 bits per heavy atom. The number of likely N-dealkylation sites (tertiary alicyclic amines) is 1. The highest BCUT2D eigenvalue weighted by molar-refractivity contribution is 5.95. The van der Waals surface area contributed by atoms with Crippen LogP contribution >= 0.6 is 0 Å². The second-order valence-electron chi connectivity index (χ2n) is 11.2. The van der Waals surface area contributed by atoms with E-state index in [9.17, 15) is 9.59 Å². The zero-order valence-electron chi connectivity index (χ0n) is 22.7. The van der Waals surface area contributed by atoms with E-state index in [1.54, 1.807) is 13.4 Å². The van der Waals surface area contributed by atoms with Crippen LogP contribution in [0.25, 0.3) is 5.69 Å². The molecule has 39 heavy (non-hydrogen) atoms. The quantitative estimate of drug-likeness (QED) is 0.493. The summed E-state index contributed by atoms with van der Waals surface area (Å²) in [6.07, 6.45) is 8.31. The number of fused-ring (bicyclic) bond motifs is 3. The van der Waals surface area contributed by atoms with E-state index in [0.717, 1.165) is 55.7 Å². The van der Waals surface area contributed by atoms with E-state index in [0.29, 0.717) is 18.1 Å². The molecule has 1 aromatic heterocycles. The third-order valence-corrected chi connectivity index (χ3v) is 8.75. The van der Waals surface area contributed by atoms with Crippen LogP contribution in [0.2, 0.25) is 0 Å². The van der Waals surface area contributed by atoms with Gasteiger partial charge in [0.15, 0.2) is 0 Å². The van der Waals surface area contributed by atoms with Gasteiger partial charge in [0.2, 0.25) is 5.91 Å². The zero-order chi connectivity index (χ0) is 26.9. The van der Waals surface area contributed by atoms with Gasteiger partial charge in [-0.3, -0.25) is 9.59 Å². The summed E-state index contributed by atoms with van der Waals surface area (Å²) in [5, 5.41) is 6.89. The molecule has 2 aliphatic heterocycles. The molecule has 8 nitrogen and oxygen atoms in total. The van der Waals surface area contributed by atoms with Crippen LogP contribution in [0, 0.1) is 18.8 Å². The van der Waals surface area contributed by atoms with Crippen LogP contribution in [0.15, 0.2) is 61.1 Å². The molecule has 6 rings (SSSR count). The van der Waals surface area contributed by atoms with Crippen LogP contribution in [-0.4, -0.2) is 58.6 Å². The molecule has 3 aliphatic rings. The first kappa shape index (κ1) is 25.6. The lowest BCUT2D eigenvalue weighted by Gasteiger charge is -2.41. The minimum absolute atomic E-state index is 0.0349. The van der Waals surface area contributed by atoms with Gasteiger partial charge in [-0.1, -0.05) is 31.0 Å². The first-order valence-electron chi connectivity index (χ1n) is 14.1.